The number of benzene rings is 2. The molecular formula is C20H21FN4O3. The molecule has 0 saturated heterocycles. The normalized spacial score (nSPS) is 10.4. The zero-order chi connectivity index (χ0) is 19.9. The molecule has 146 valence electrons. The molecule has 2 aromatic carbocycles. The second-order valence-corrected chi connectivity index (χ2v) is 5.87. The molecule has 3 aromatic rings. The average Bonchev–Trinajstić information content (AvgIpc) is 2.74. The molecule has 0 amide bonds. The Hall–Kier alpha value is -3.42. The Morgan fingerprint density at radius 3 is 2.50 bits per heavy atom. The molecule has 0 aliphatic rings. The number of methoxy groups -OCH3 is 3. The van der Waals surface area contributed by atoms with Gasteiger partial charge in [0.05, 0.1) is 33.2 Å². The van der Waals surface area contributed by atoms with Crippen molar-refractivity contribution in [3.63, 3.8) is 0 Å². The number of nitrogens with one attached hydrogen (secondary N) is 1. The molecule has 7 nitrogen and oxygen atoms in total. The van der Waals surface area contributed by atoms with Gasteiger partial charge in [-0.2, -0.15) is 5.10 Å². The molecule has 28 heavy (non-hydrogen) atoms. The predicted octanol–water partition coefficient (Wildman–Crippen LogP) is 3.36. The standard InChI is InChI=1S/C20H21FN4O3/c1-26-15-6-4-13(19(11-15)28-3)8-9-22-20-24-17(12-23-25-20)14-5-7-18(27-2)16(21)10-14/h4-7,10-12H,8-9H2,1-3H3,(H,22,24,25). The van der Waals surface area contributed by atoms with Crippen molar-refractivity contribution in [1.82, 2.24) is 15.2 Å². The van der Waals surface area contributed by atoms with E-state index in [4.69, 9.17) is 14.2 Å². The van der Waals surface area contributed by atoms with Crippen molar-refractivity contribution in [3.05, 3.63) is 54.0 Å². The Morgan fingerprint density at radius 2 is 1.79 bits per heavy atom. The molecule has 0 unspecified atom stereocenters. The second-order valence-electron chi connectivity index (χ2n) is 5.87. The number of ether oxygens (including phenoxy) is 3. The Kier molecular flexibility index (Phi) is 6.21. The first kappa shape index (κ1) is 19.3. The lowest BCUT2D eigenvalue weighted by atomic mass is 10.1. The molecule has 0 aliphatic carbocycles. The van der Waals surface area contributed by atoms with Gasteiger partial charge in [0.25, 0.3) is 0 Å². The Morgan fingerprint density at radius 1 is 0.964 bits per heavy atom. The summed E-state index contributed by atoms with van der Waals surface area (Å²) in [5, 5.41) is 11.1. The van der Waals surface area contributed by atoms with E-state index in [0.29, 0.717) is 30.2 Å². The van der Waals surface area contributed by atoms with Gasteiger partial charge in [0, 0.05) is 18.2 Å². The van der Waals surface area contributed by atoms with Crippen LogP contribution in [0.4, 0.5) is 10.3 Å². The smallest absolute Gasteiger partial charge is 0.243 e. The molecule has 0 radical (unpaired) electrons. The number of halogens is 1. The van der Waals surface area contributed by atoms with Crippen LogP contribution in [0.25, 0.3) is 11.3 Å². The zero-order valence-electron chi connectivity index (χ0n) is 15.9. The van der Waals surface area contributed by atoms with Gasteiger partial charge in [0.1, 0.15) is 11.5 Å². The maximum absolute atomic E-state index is 13.9. The van der Waals surface area contributed by atoms with Crippen LogP contribution in [0.2, 0.25) is 0 Å². The van der Waals surface area contributed by atoms with E-state index in [1.165, 1.54) is 19.4 Å². The molecule has 0 fully saturated rings. The summed E-state index contributed by atoms with van der Waals surface area (Å²) in [4.78, 5) is 4.40. The van der Waals surface area contributed by atoms with Crippen LogP contribution in [0.5, 0.6) is 17.2 Å². The summed E-state index contributed by atoms with van der Waals surface area (Å²) < 4.78 is 29.5. The quantitative estimate of drug-likeness (QED) is 0.638. The van der Waals surface area contributed by atoms with Crippen LogP contribution in [-0.2, 0) is 6.42 Å². The molecule has 0 aliphatic heterocycles. The summed E-state index contributed by atoms with van der Waals surface area (Å²) in [6.07, 6.45) is 2.18. The number of rotatable bonds is 8. The summed E-state index contributed by atoms with van der Waals surface area (Å²) >= 11 is 0. The Balaban J connectivity index is 1.68. The van der Waals surface area contributed by atoms with Crippen LogP contribution in [0.3, 0.4) is 0 Å². The molecule has 8 heteroatoms. The molecule has 1 aromatic heterocycles. The Labute approximate surface area is 162 Å². The van der Waals surface area contributed by atoms with Gasteiger partial charge in [0.2, 0.25) is 5.95 Å². The fraction of sp³-hybridized carbons (Fsp3) is 0.250. The van der Waals surface area contributed by atoms with E-state index in [9.17, 15) is 4.39 Å². The number of aromatic nitrogens is 3. The first-order valence-corrected chi connectivity index (χ1v) is 8.63. The largest absolute Gasteiger partial charge is 0.497 e. The van der Waals surface area contributed by atoms with Crippen molar-refractivity contribution < 1.29 is 18.6 Å². The topological polar surface area (TPSA) is 78.4 Å². The highest BCUT2D eigenvalue weighted by Gasteiger charge is 2.09. The molecule has 0 bridgehead atoms. The van der Waals surface area contributed by atoms with Crippen LogP contribution in [0.1, 0.15) is 5.56 Å². The van der Waals surface area contributed by atoms with Crippen LogP contribution in [-0.4, -0.2) is 43.1 Å². The minimum atomic E-state index is -0.459. The van der Waals surface area contributed by atoms with E-state index < -0.39 is 5.82 Å². The summed E-state index contributed by atoms with van der Waals surface area (Å²) in [6, 6.07) is 10.3. The molecule has 0 atom stereocenters. The van der Waals surface area contributed by atoms with Crippen molar-refractivity contribution in [3.8, 4) is 28.5 Å². The van der Waals surface area contributed by atoms with Gasteiger partial charge in [-0.25, -0.2) is 9.37 Å². The van der Waals surface area contributed by atoms with Crippen molar-refractivity contribution in [2.45, 2.75) is 6.42 Å². The van der Waals surface area contributed by atoms with Crippen molar-refractivity contribution in [2.75, 3.05) is 33.2 Å². The van der Waals surface area contributed by atoms with Gasteiger partial charge in [-0.15, -0.1) is 5.10 Å². The van der Waals surface area contributed by atoms with Gasteiger partial charge in [0.15, 0.2) is 11.6 Å². The molecule has 3 rings (SSSR count). The highest BCUT2D eigenvalue weighted by molar-refractivity contribution is 5.60. The number of nitrogens with zero attached hydrogens (tertiary/aromatic N) is 3. The van der Waals surface area contributed by atoms with Crippen molar-refractivity contribution in [1.29, 1.82) is 0 Å². The molecule has 1 heterocycles. The maximum atomic E-state index is 13.9. The highest BCUT2D eigenvalue weighted by atomic mass is 19.1. The fourth-order valence-electron chi connectivity index (χ4n) is 2.71. The van der Waals surface area contributed by atoms with E-state index >= 15 is 0 Å². The second kappa shape index (κ2) is 8.98. The fourth-order valence-corrected chi connectivity index (χ4v) is 2.71. The van der Waals surface area contributed by atoms with Gasteiger partial charge in [-0.3, -0.25) is 0 Å². The predicted molar refractivity (Wildman–Crippen MR) is 104 cm³/mol. The summed E-state index contributed by atoms with van der Waals surface area (Å²) in [7, 11) is 4.66. The highest BCUT2D eigenvalue weighted by Crippen LogP contribution is 2.26. The molecular weight excluding hydrogens is 363 g/mol. The summed E-state index contributed by atoms with van der Waals surface area (Å²) in [5.74, 6) is 1.57. The van der Waals surface area contributed by atoms with E-state index in [1.54, 1.807) is 26.4 Å². The van der Waals surface area contributed by atoms with E-state index in [2.05, 4.69) is 20.5 Å². The van der Waals surface area contributed by atoms with Crippen LogP contribution >= 0.6 is 0 Å². The Bertz CT molecular complexity index is 952. The molecule has 0 spiro atoms. The third kappa shape index (κ3) is 4.46. The number of anilines is 1. The number of hydrogen-bond donors (Lipinski definition) is 1. The lowest BCUT2D eigenvalue weighted by Crippen LogP contribution is -2.09. The van der Waals surface area contributed by atoms with Gasteiger partial charge in [-0.05, 0) is 36.2 Å². The minimum Gasteiger partial charge on any atom is -0.497 e. The monoisotopic (exact) mass is 384 g/mol. The third-order valence-electron chi connectivity index (χ3n) is 4.18. The third-order valence-corrected chi connectivity index (χ3v) is 4.18. The molecule has 1 N–H and O–H groups in total. The lowest BCUT2D eigenvalue weighted by molar-refractivity contribution is 0.386. The van der Waals surface area contributed by atoms with E-state index in [1.807, 2.05) is 18.2 Å². The van der Waals surface area contributed by atoms with Crippen LogP contribution < -0.4 is 19.5 Å². The van der Waals surface area contributed by atoms with Gasteiger partial charge >= 0.3 is 0 Å². The minimum absolute atomic E-state index is 0.178. The van der Waals surface area contributed by atoms with Gasteiger partial charge < -0.3 is 19.5 Å². The van der Waals surface area contributed by atoms with E-state index in [0.717, 1.165) is 17.1 Å². The first-order chi connectivity index (χ1) is 13.6. The number of hydrogen-bond acceptors (Lipinski definition) is 7. The summed E-state index contributed by atoms with van der Waals surface area (Å²) in [5.41, 5.74) is 2.13. The SMILES string of the molecule is COc1ccc(CCNc2nncc(-c3ccc(OC)c(F)c3)n2)c(OC)c1. The van der Waals surface area contributed by atoms with Crippen LogP contribution in [0.15, 0.2) is 42.6 Å². The lowest BCUT2D eigenvalue weighted by Gasteiger charge is -2.11. The average molecular weight is 384 g/mol. The molecule has 0 saturated carbocycles. The van der Waals surface area contributed by atoms with Gasteiger partial charge in [-0.1, -0.05) is 6.07 Å². The van der Waals surface area contributed by atoms with Crippen LogP contribution in [0, 0.1) is 5.82 Å². The summed E-state index contributed by atoms with van der Waals surface area (Å²) in [6.45, 7) is 0.574. The maximum Gasteiger partial charge on any atom is 0.243 e. The van der Waals surface area contributed by atoms with Crippen molar-refractivity contribution in [2.24, 2.45) is 0 Å². The first-order valence-electron chi connectivity index (χ1n) is 8.63. The zero-order valence-corrected chi connectivity index (χ0v) is 15.9. The van der Waals surface area contributed by atoms with E-state index in [-0.39, 0.29) is 5.75 Å². The van der Waals surface area contributed by atoms with Crippen molar-refractivity contribution >= 4 is 5.95 Å².